The van der Waals surface area contributed by atoms with Gasteiger partial charge in [-0.25, -0.2) is 4.79 Å². The smallest absolute Gasteiger partial charge is 0.325 e. The van der Waals surface area contributed by atoms with Gasteiger partial charge in [0.2, 0.25) is 5.91 Å². The van der Waals surface area contributed by atoms with Gasteiger partial charge in [-0.15, -0.1) is 0 Å². The van der Waals surface area contributed by atoms with Gasteiger partial charge in [0.1, 0.15) is 6.04 Å². The minimum atomic E-state index is -0.876. The van der Waals surface area contributed by atoms with Crippen LogP contribution in [0.25, 0.3) is 0 Å². The second-order valence-corrected chi connectivity index (χ2v) is 6.27. The zero-order valence-electron chi connectivity index (χ0n) is 13.8. The second kappa shape index (κ2) is 7.97. The minimum Gasteiger partial charge on any atom is -0.352 e. The van der Waals surface area contributed by atoms with Gasteiger partial charge in [0.25, 0.3) is 5.91 Å². The predicted molar refractivity (Wildman–Crippen MR) is 95.0 cm³/mol. The molecular weight excluding hydrogens is 356 g/mol. The molecule has 0 saturated carbocycles. The van der Waals surface area contributed by atoms with Gasteiger partial charge in [0.05, 0.1) is 13.0 Å². The van der Waals surface area contributed by atoms with Crippen molar-refractivity contribution in [1.82, 2.24) is 20.5 Å². The molecule has 0 radical (unpaired) electrons. The maximum absolute atomic E-state index is 12.5. The molecule has 2 aromatic rings. The first-order valence-electron chi connectivity index (χ1n) is 8.05. The highest BCUT2D eigenvalue weighted by Gasteiger charge is 2.39. The number of nitrogens with one attached hydrogen (secondary N) is 2. The lowest BCUT2D eigenvalue weighted by molar-refractivity contribution is -0.131. The van der Waals surface area contributed by atoms with Crippen LogP contribution in [0.2, 0.25) is 5.02 Å². The first-order chi connectivity index (χ1) is 12.5. The van der Waals surface area contributed by atoms with E-state index in [-0.39, 0.29) is 18.9 Å². The summed E-state index contributed by atoms with van der Waals surface area (Å²) in [5.41, 5.74) is 1.52. The van der Waals surface area contributed by atoms with E-state index in [0.29, 0.717) is 17.1 Å². The van der Waals surface area contributed by atoms with E-state index >= 15 is 0 Å². The average molecular weight is 373 g/mol. The van der Waals surface area contributed by atoms with E-state index in [4.69, 9.17) is 11.6 Å². The molecule has 1 aromatic heterocycles. The number of rotatable bonds is 6. The maximum Gasteiger partial charge on any atom is 0.325 e. The van der Waals surface area contributed by atoms with Crippen molar-refractivity contribution in [2.75, 3.05) is 0 Å². The molecule has 0 bridgehead atoms. The van der Waals surface area contributed by atoms with Crippen molar-refractivity contribution in [1.29, 1.82) is 0 Å². The second-order valence-electron chi connectivity index (χ2n) is 5.86. The molecule has 1 aliphatic heterocycles. The standard InChI is InChI=1S/C18H17ClN4O3/c19-14-6-2-1-5-13(14)11-23-17(25)15(22-18(23)26)8-16(24)21-10-12-4-3-7-20-9-12/h1-7,9,15H,8,10-11H2,(H,21,24)(H,22,26)/t15-/m0/s1. The number of halogens is 1. The zero-order chi connectivity index (χ0) is 18.5. The number of amides is 4. The molecule has 2 N–H and O–H groups in total. The molecule has 0 unspecified atom stereocenters. The van der Waals surface area contributed by atoms with E-state index in [0.717, 1.165) is 10.5 Å². The molecule has 1 aromatic carbocycles. The van der Waals surface area contributed by atoms with Crippen LogP contribution in [0.4, 0.5) is 4.79 Å². The van der Waals surface area contributed by atoms with Crippen molar-refractivity contribution in [3.05, 3.63) is 64.9 Å². The number of benzene rings is 1. The Morgan fingerprint density at radius 2 is 2.04 bits per heavy atom. The Kier molecular flexibility index (Phi) is 5.48. The van der Waals surface area contributed by atoms with Crippen LogP contribution >= 0.6 is 11.6 Å². The summed E-state index contributed by atoms with van der Waals surface area (Å²) >= 11 is 6.08. The van der Waals surface area contributed by atoms with Gasteiger partial charge in [-0.3, -0.25) is 19.5 Å². The number of pyridine rings is 1. The van der Waals surface area contributed by atoms with Crippen LogP contribution in [-0.2, 0) is 22.7 Å². The van der Waals surface area contributed by atoms with Gasteiger partial charge in [0, 0.05) is 24.0 Å². The molecule has 1 atom stereocenters. The lowest BCUT2D eigenvalue weighted by Crippen LogP contribution is -2.36. The summed E-state index contributed by atoms with van der Waals surface area (Å²) in [4.78, 5) is 41.6. The fourth-order valence-corrected chi connectivity index (χ4v) is 2.82. The first-order valence-corrected chi connectivity index (χ1v) is 8.43. The Labute approximate surface area is 155 Å². The molecule has 134 valence electrons. The monoisotopic (exact) mass is 372 g/mol. The summed E-state index contributed by atoms with van der Waals surface area (Å²) in [6.07, 6.45) is 3.17. The molecule has 26 heavy (non-hydrogen) atoms. The summed E-state index contributed by atoms with van der Waals surface area (Å²) < 4.78 is 0. The van der Waals surface area contributed by atoms with Gasteiger partial charge in [-0.1, -0.05) is 35.9 Å². The van der Waals surface area contributed by atoms with E-state index in [1.807, 2.05) is 6.07 Å². The summed E-state index contributed by atoms with van der Waals surface area (Å²) in [6.45, 7) is 0.378. The van der Waals surface area contributed by atoms with Crippen LogP contribution in [0.3, 0.4) is 0 Å². The molecule has 4 amide bonds. The zero-order valence-corrected chi connectivity index (χ0v) is 14.6. The number of imide groups is 1. The minimum absolute atomic E-state index is 0.0676. The molecule has 8 heteroatoms. The van der Waals surface area contributed by atoms with Crippen LogP contribution < -0.4 is 10.6 Å². The summed E-state index contributed by atoms with van der Waals surface area (Å²) in [7, 11) is 0. The van der Waals surface area contributed by atoms with E-state index in [9.17, 15) is 14.4 Å². The SMILES string of the molecule is O=C(C[C@@H]1NC(=O)N(Cc2ccccc2Cl)C1=O)NCc1cccnc1. The maximum atomic E-state index is 12.5. The number of carbonyl (C=O) groups is 3. The molecule has 1 aliphatic rings. The summed E-state index contributed by atoms with van der Waals surface area (Å²) in [5.74, 6) is -0.765. The van der Waals surface area contributed by atoms with Crippen LogP contribution in [0.5, 0.6) is 0 Å². The Morgan fingerprint density at radius 1 is 1.23 bits per heavy atom. The van der Waals surface area contributed by atoms with Crippen molar-refractivity contribution < 1.29 is 14.4 Å². The molecule has 3 rings (SSSR count). The third kappa shape index (κ3) is 4.18. The number of urea groups is 1. The van der Waals surface area contributed by atoms with Crippen molar-refractivity contribution in [2.45, 2.75) is 25.6 Å². The molecule has 7 nitrogen and oxygen atoms in total. The normalized spacial score (nSPS) is 16.5. The van der Waals surface area contributed by atoms with E-state index in [1.165, 1.54) is 0 Å². The third-order valence-electron chi connectivity index (χ3n) is 4.00. The van der Waals surface area contributed by atoms with Gasteiger partial charge in [-0.2, -0.15) is 0 Å². The molecule has 0 aliphatic carbocycles. The Hall–Kier alpha value is -2.93. The number of aromatic nitrogens is 1. The van der Waals surface area contributed by atoms with Crippen molar-refractivity contribution in [3.8, 4) is 0 Å². The average Bonchev–Trinajstić information content (AvgIpc) is 2.90. The van der Waals surface area contributed by atoms with Crippen LogP contribution in [-0.4, -0.2) is 33.8 Å². The van der Waals surface area contributed by atoms with Crippen molar-refractivity contribution in [2.24, 2.45) is 0 Å². The number of hydrogen-bond donors (Lipinski definition) is 2. The van der Waals surface area contributed by atoms with E-state index in [1.54, 1.807) is 42.7 Å². The Bertz CT molecular complexity index is 828. The number of carbonyl (C=O) groups excluding carboxylic acids is 3. The van der Waals surface area contributed by atoms with Gasteiger partial charge in [-0.05, 0) is 23.3 Å². The fraction of sp³-hybridized carbons (Fsp3) is 0.222. The first kappa shape index (κ1) is 17.9. The Morgan fingerprint density at radius 3 is 2.77 bits per heavy atom. The van der Waals surface area contributed by atoms with Gasteiger partial charge < -0.3 is 10.6 Å². The highest BCUT2D eigenvalue weighted by Crippen LogP contribution is 2.20. The highest BCUT2D eigenvalue weighted by molar-refractivity contribution is 6.31. The largest absolute Gasteiger partial charge is 0.352 e. The Balaban J connectivity index is 1.56. The quantitative estimate of drug-likeness (QED) is 0.757. The lowest BCUT2D eigenvalue weighted by atomic mass is 10.1. The third-order valence-corrected chi connectivity index (χ3v) is 4.36. The molecule has 0 spiro atoms. The number of nitrogens with zero attached hydrogens (tertiary/aromatic N) is 2. The van der Waals surface area contributed by atoms with Crippen LogP contribution in [0, 0.1) is 0 Å². The van der Waals surface area contributed by atoms with Crippen molar-refractivity contribution in [3.63, 3.8) is 0 Å². The molecular formula is C18H17ClN4O3. The highest BCUT2D eigenvalue weighted by atomic mass is 35.5. The molecule has 1 saturated heterocycles. The van der Waals surface area contributed by atoms with Gasteiger partial charge >= 0.3 is 6.03 Å². The number of hydrogen-bond acceptors (Lipinski definition) is 4. The summed E-state index contributed by atoms with van der Waals surface area (Å²) in [5, 5.41) is 5.73. The fourth-order valence-electron chi connectivity index (χ4n) is 2.62. The predicted octanol–water partition coefficient (Wildman–Crippen LogP) is 1.86. The molecule has 1 fully saturated rings. The van der Waals surface area contributed by atoms with Crippen LogP contribution in [0.1, 0.15) is 17.5 Å². The topological polar surface area (TPSA) is 91.4 Å². The van der Waals surface area contributed by atoms with Gasteiger partial charge in [0.15, 0.2) is 0 Å². The summed E-state index contributed by atoms with van der Waals surface area (Å²) in [6, 6.07) is 9.19. The van der Waals surface area contributed by atoms with E-state index < -0.39 is 18.0 Å². The van der Waals surface area contributed by atoms with Crippen LogP contribution in [0.15, 0.2) is 48.8 Å². The molecule has 2 heterocycles. The lowest BCUT2D eigenvalue weighted by Gasteiger charge is -2.14. The van der Waals surface area contributed by atoms with Crippen molar-refractivity contribution >= 4 is 29.4 Å². The van der Waals surface area contributed by atoms with E-state index in [2.05, 4.69) is 15.6 Å².